The lowest BCUT2D eigenvalue weighted by atomic mass is 10.0. The summed E-state index contributed by atoms with van der Waals surface area (Å²) in [5.74, 6) is 1.31. The van der Waals surface area contributed by atoms with E-state index in [0.29, 0.717) is 79.0 Å². The minimum atomic E-state index is -0.372. The zero-order valence-electron chi connectivity index (χ0n) is 24.2. The number of rotatable bonds is 10. The van der Waals surface area contributed by atoms with Crippen LogP contribution in [0.2, 0.25) is 10.0 Å². The van der Waals surface area contributed by atoms with E-state index >= 15 is 0 Å². The average molecular weight is 623 g/mol. The summed E-state index contributed by atoms with van der Waals surface area (Å²) in [7, 11) is 8.53. The first kappa shape index (κ1) is 29.9. The van der Waals surface area contributed by atoms with E-state index in [0.717, 1.165) is 5.69 Å². The van der Waals surface area contributed by atoms with Crippen molar-refractivity contribution in [2.24, 2.45) is 0 Å². The maximum absolute atomic E-state index is 12.1. The lowest BCUT2D eigenvalue weighted by molar-refractivity contribution is -0.111. The van der Waals surface area contributed by atoms with Crippen LogP contribution in [-0.2, 0) is 11.3 Å². The Kier molecular flexibility index (Phi) is 8.58. The molecule has 0 aliphatic heterocycles. The fraction of sp³-hybridized carbons (Fsp3) is 0.200. The molecule has 3 aromatic heterocycles. The third-order valence-electron chi connectivity index (χ3n) is 6.56. The lowest BCUT2D eigenvalue weighted by Crippen LogP contribution is -2.10. The zero-order chi connectivity index (χ0) is 30.8. The molecule has 3 heterocycles. The van der Waals surface area contributed by atoms with Gasteiger partial charge in [-0.15, -0.1) is 0 Å². The molecule has 2 aromatic carbocycles. The topological polar surface area (TPSA) is 115 Å². The number of amides is 1. The Labute approximate surface area is 258 Å². The number of methoxy groups -OCH3 is 3. The normalized spacial score (nSPS) is 11.2. The third kappa shape index (κ3) is 5.87. The number of anilines is 3. The zero-order valence-corrected chi connectivity index (χ0v) is 25.7. The van der Waals surface area contributed by atoms with Gasteiger partial charge in [0.15, 0.2) is 5.65 Å². The first-order valence-corrected chi connectivity index (χ1v) is 13.7. The van der Waals surface area contributed by atoms with E-state index in [-0.39, 0.29) is 5.91 Å². The smallest absolute Gasteiger partial charge is 0.247 e. The van der Waals surface area contributed by atoms with E-state index in [1.165, 1.54) is 20.3 Å². The van der Waals surface area contributed by atoms with Crippen LogP contribution in [0.5, 0.6) is 17.2 Å². The molecule has 0 saturated heterocycles. The molecule has 1 amide bonds. The van der Waals surface area contributed by atoms with E-state index in [1.54, 1.807) is 37.6 Å². The standard InChI is InChI=1S/C30H29Cl2N7O4/c1-7-24(40)35-21-11-18(41-4)8-9-20(21)36-30-33-13-16-10-19(25-26(31)22(42-5)12-23(43-6)27(25)32)29-34-17(14-38(2)3)15-39(29)28(16)37-30/h7-13,15H,1,14H2,2-6H3,(H,35,40)(H,33,36,37). The minimum absolute atomic E-state index is 0.294. The first-order chi connectivity index (χ1) is 20.7. The predicted molar refractivity (Wildman–Crippen MR) is 169 cm³/mol. The summed E-state index contributed by atoms with van der Waals surface area (Å²) in [5, 5.41) is 7.32. The van der Waals surface area contributed by atoms with Gasteiger partial charge in [0.25, 0.3) is 0 Å². The van der Waals surface area contributed by atoms with Gasteiger partial charge in [-0.1, -0.05) is 29.8 Å². The second-order valence-electron chi connectivity index (χ2n) is 9.71. The molecule has 43 heavy (non-hydrogen) atoms. The molecule has 5 aromatic rings. The van der Waals surface area contributed by atoms with E-state index in [1.807, 2.05) is 35.7 Å². The summed E-state index contributed by atoms with van der Waals surface area (Å²) in [5.41, 5.74) is 4.16. The summed E-state index contributed by atoms with van der Waals surface area (Å²) in [6, 6.07) is 8.74. The highest BCUT2D eigenvalue weighted by Gasteiger charge is 2.23. The Balaban J connectivity index is 1.70. The van der Waals surface area contributed by atoms with Crippen LogP contribution in [0.25, 0.3) is 27.8 Å². The Hall–Kier alpha value is -4.58. The second-order valence-corrected chi connectivity index (χ2v) is 10.5. The number of ether oxygens (including phenoxy) is 3. The number of fused-ring (bicyclic) bond motifs is 3. The molecule has 0 spiro atoms. The van der Waals surface area contributed by atoms with Crippen molar-refractivity contribution in [2.75, 3.05) is 46.1 Å². The molecule has 0 fully saturated rings. The Morgan fingerprint density at radius 1 is 1.00 bits per heavy atom. The number of halogens is 2. The molecule has 0 aliphatic carbocycles. The lowest BCUT2D eigenvalue weighted by Gasteiger charge is -2.16. The van der Waals surface area contributed by atoms with Crippen molar-refractivity contribution in [1.29, 1.82) is 0 Å². The molecule has 2 N–H and O–H groups in total. The molecule has 222 valence electrons. The van der Waals surface area contributed by atoms with Gasteiger partial charge >= 0.3 is 0 Å². The van der Waals surface area contributed by atoms with Gasteiger partial charge in [-0.3, -0.25) is 9.20 Å². The molecule has 0 atom stereocenters. The highest BCUT2D eigenvalue weighted by Crippen LogP contribution is 2.47. The summed E-state index contributed by atoms with van der Waals surface area (Å²) in [6.45, 7) is 4.11. The molecule has 0 radical (unpaired) electrons. The summed E-state index contributed by atoms with van der Waals surface area (Å²) >= 11 is 13.6. The SMILES string of the molecule is C=CC(=O)Nc1cc(OC)ccc1Nc1ncc2cc(-c3c(Cl)c(OC)cc(OC)c3Cl)c3nc(CN(C)C)cn3c2n1. The number of carbonyl (C=O) groups is 1. The van der Waals surface area contributed by atoms with Gasteiger partial charge in [0.05, 0.1) is 48.4 Å². The molecule has 5 rings (SSSR count). The quantitative estimate of drug-likeness (QED) is 0.176. The van der Waals surface area contributed by atoms with E-state index in [9.17, 15) is 4.79 Å². The van der Waals surface area contributed by atoms with Crippen molar-refractivity contribution in [2.45, 2.75) is 6.54 Å². The maximum Gasteiger partial charge on any atom is 0.247 e. The number of carbonyl (C=O) groups excluding carboxylic acids is 1. The van der Waals surface area contributed by atoms with Crippen LogP contribution in [0.15, 0.2) is 55.4 Å². The predicted octanol–water partition coefficient (Wildman–Crippen LogP) is 6.21. The Morgan fingerprint density at radius 2 is 1.72 bits per heavy atom. The van der Waals surface area contributed by atoms with Crippen LogP contribution in [-0.4, -0.2) is 65.6 Å². The number of nitrogens with zero attached hydrogens (tertiary/aromatic N) is 5. The van der Waals surface area contributed by atoms with Gasteiger partial charge in [0.2, 0.25) is 11.9 Å². The molecule has 11 nitrogen and oxygen atoms in total. The molecule has 0 unspecified atom stereocenters. The summed E-state index contributed by atoms with van der Waals surface area (Å²) in [4.78, 5) is 28.4. The van der Waals surface area contributed by atoms with Crippen molar-refractivity contribution >= 4 is 63.1 Å². The monoisotopic (exact) mass is 621 g/mol. The van der Waals surface area contributed by atoms with Crippen molar-refractivity contribution in [3.8, 4) is 28.4 Å². The fourth-order valence-electron chi connectivity index (χ4n) is 4.61. The van der Waals surface area contributed by atoms with Crippen molar-refractivity contribution in [1.82, 2.24) is 24.3 Å². The number of hydrogen-bond donors (Lipinski definition) is 2. The van der Waals surface area contributed by atoms with Gasteiger partial charge < -0.3 is 29.7 Å². The highest BCUT2D eigenvalue weighted by atomic mass is 35.5. The molecule has 0 bridgehead atoms. The van der Waals surface area contributed by atoms with Crippen LogP contribution in [0, 0.1) is 0 Å². The van der Waals surface area contributed by atoms with Crippen LogP contribution in [0.1, 0.15) is 5.69 Å². The highest BCUT2D eigenvalue weighted by molar-refractivity contribution is 6.41. The molecule has 0 aliphatic rings. The van der Waals surface area contributed by atoms with E-state index in [2.05, 4.69) is 22.2 Å². The number of hydrogen-bond acceptors (Lipinski definition) is 9. The first-order valence-electron chi connectivity index (χ1n) is 13.0. The average Bonchev–Trinajstić information content (AvgIpc) is 3.41. The van der Waals surface area contributed by atoms with Gasteiger partial charge in [-0.05, 0) is 38.4 Å². The Morgan fingerprint density at radius 3 is 2.35 bits per heavy atom. The van der Waals surface area contributed by atoms with Crippen LogP contribution >= 0.6 is 23.2 Å². The molecular weight excluding hydrogens is 593 g/mol. The molecule has 0 saturated carbocycles. The van der Waals surface area contributed by atoms with E-state index in [4.69, 9.17) is 47.4 Å². The van der Waals surface area contributed by atoms with Gasteiger partial charge in [-0.25, -0.2) is 9.97 Å². The summed E-state index contributed by atoms with van der Waals surface area (Å²) < 4.78 is 18.2. The van der Waals surface area contributed by atoms with E-state index < -0.39 is 0 Å². The molecule has 13 heteroatoms. The van der Waals surface area contributed by atoms with Gasteiger partial charge in [0, 0.05) is 47.6 Å². The van der Waals surface area contributed by atoms with Crippen molar-refractivity contribution in [3.05, 3.63) is 71.1 Å². The number of benzene rings is 2. The maximum atomic E-state index is 12.1. The summed E-state index contributed by atoms with van der Waals surface area (Å²) in [6.07, 6.45) is 4.79. The number of pyridine rings is 1. The van der Waals surface area contributed by atoms with Crippen LogP contribution in [0.4, 0.5) is 17.3 Å². The minimum Gasteiger partial charge on any atom is -0.497 e. The number of imidazole rings is 1. The fourth-order valence-corrected chi connectivity index (χ4v) is 5.32. The number of aromatic nitrogens is 4. The third-order valence-corrected chi connectivity index (χ3v) is 7.31. The molecular formula is C30H29Cl2N7O4. The van der Waals surface area contributed by atoms with Crippen LogP contribution in [0.3, 0.4) is 0 Å². The van der Waals surface area contributed by atoms with Crippen LogP contribution < -0.4 is 24.8 Å². The van der Waals surface area contributed by atoms with Gasteiger partial charge in [-0.2, -0.15) is 4.98 Å². The van der Waals surface area contributed by atoms with Crippen molar-refractivity contribution in [3.63, 3.8) is 0 Å². The largest absolute Gasteiger partial charge is 0.497 e. The number of nitrogens with one attached hydrogen (secondary N) is 2. The second kappa shape index (κ2) is 12.3. The van der Waals surface area contributed by atoms with Gasteiger partial charge in [0.1, 0.15) is 22.9 Å². The van der Waals surface area contributed by atoms with Crippen molar-refractivity contribution < 1.29 is 19.0 Å². The Bertz CT molecular complexity index is 1850.